The number of furan rings is 1. The summed E-state index contributed by atoms with van der Waals surface area (Å²) in [7, 11) is 3.87. The number of Topliss-reactive ketones (excluding diaryl/α,β-unsaturated/α-hetero) is 1. The number of benzene rings is 1. The second kappa shape index (κ2) is 8.30. The molecule has 2 aromatic heterocycles. The van der Waals surface area contributed by atoms with E-state index in [1.807, 2.05) is 42.6 Å². The van der Waals surface area contributed by atoms with Gasteiger partial charge < -0.3 is 19.3 Å². The number of carbonyl (C=O) groups is 2. The number of rotatable bonds is 6. The number of aliphatic hydroxyl groups is 1. The van der Waals surface area contributed by atoms with Gasteiger partial charge in [0.15, 0.2) is 0 Å². The van der Waals surface area contributed by atoms with E-state index in [1.54, 1.807) is 47.7 Å². The number of carbonyl (C=O) groups excluding carboxylic acids is 2. The van der Waals surface area contributed by atoms with Crippen LogP contribution in [0.1, 0.15) is 28.3 Å². The minimum atomic E-state index is -0.789. The van der Waals surface area contributed by atoms with Crippen LogP contribution in [0.5, 0.6) is 0 Å². The predicted octanol–water partition coefficient (Wildman–Crippen LogP) is 4.07. The minimum Gasteiger partial charge on any atom is -0.507 e. The summed E-state index contributed by atoms with van der Waals surface area (Å²) in [6.45, 7) is 0.287. The maximum atomic E-state index is 13.1. The molecule has 1 aromatic carbocycles. The number of hydrogen-bond donors (Lipinski definition) is 1. The number of nitrogens with zero attached hydrogens (tertiary/aromatic N) is 2. The Labute approximate surface area is 178 Å². The number of likely N-dealkylation sites (N-methyl/N-ethyl adjacent to an activating group) is 1. The quantitative estimate of drug-likeness (QED) is 0.368. The van der Waals surface area contributed by atoms with Gasteiger partial charge >= 0.3 is 0 Å². The van der Waals surface area contributed by atoms with Gasteiger partial charge in [-0.05, 0) is 37.7 Å². The van der Waals surface area contributed by atoms with Crippen molar-refractivity contribution in [3.63, 3.8) is 0 Å². The van der Waals surface area contributed by atoms with E-state index >= 15 is 0 Å². The first kappa shape index (κ1) is 20.1. The van der Waals surface area contributed by atoms with Crippen LogP contribution in [0.15, 0.2) is 76.2 Å². The molecule has 0 radical (unpaired) electrons. The highest BCUT2D eigenvalue weighted by Gasteiger charge is 2.48. The van der Waals surface area contributed by atoms with Crippen molar-refractivity contribution in [3.8, 4) is 0 Å². The molecule has 1 amide bonds. The van der Waals surface area contributed by atoms with Crippen molar-refractivity contribution in [2.45, 2.75) is 12.1 Å². The Kier molecular flexibility index (Phi) is 5.57. The fourth-order valence-electron chi connectivity index (χ4n) is 3.74. The summed E-state index contributed by atoms with van der Waals surface area (Å²) in [6.07, 6.45) is 1.50. The SMILES string of the molecule is CN(C)[C@@H](CN1C(=O)C(=O)/C(=C(/O)c2ccccc2)[C@H]1c1ccco1)c1cccs1. The van der Waals surface area contributed by atoms with Crippen molar-refractivity contribution in [1.29, 1.82) is 0 Å². The first-order valence-corrected chi connectivity index (χ1v) is 10.4. The number of hydrogen-bond acceptors (Lipinski definition) is 6. The van der Waals surface area contributed by atoms with Crippen molar-refractivity contribution in [2.75, 3.05) is 20.6 Å². The normalized spacial score (nSPS) is 19.6. The third kappa shape index (κ3) is 3.58. The van der Waals surface area contributed by atoms with Gasteiger partial charge in [-0.15, -0.1) is 11.3 Å². The van der Waals surface area contributed by atoms with E-state index in [4.69, 9.17) is 4.42 Å². The van der Waals surface area contributed by atoms with E-state index in [2.05, 4.69) is 0 Å². The van der Waals surface area contributed by atoms with Crippen molar-refractivity contribution in [3.05, 3.63) is 88.0 Å². The first-order valence-electron chi connectivity index (χ1n) is 9.56. The predicted molar refractivity (Wildman–Crippen MR) is 115 cm³/mol. The van der Waals surface area contributed by atoms with Crippen molar-refractivity contribution in [2.24, 2.45) is 0 Å². The molecule has 3 heterocycles. The van der Waals surface area contributed by atoms with E-state index in [-0.39, 0.29) is 23.9 Å². The van der Waals surface area contributed by atoms with Crippen LogP contribution in [0.25, 0.3) is 5.76 Å². The molecule has 0 saturated carbocycles. The van der Waals surface area contributed by atoms with Gasteiger partial charge in [-0.25, -0.2) is 0 Å². The van der Waals surface area contributed by atoms with Crippen molar-refractivity contribution < 1.29 is 19.1 Å². The lowest BCUT2D eigenvalue weighted by atomic mass is 9.99. The molecule has 1 N–H and O–H groups in total. The highest BCUT2D eigenvalue weighted by atomic mass is 32.1. The molecule has 1 saturated heterocycles. The fraction of sp³-hybridized carbons (Fsp3) is 0.217. The Balaban J connectivity index is 1.80. The molecule has 4 rings (SSSR count). The van der Waals surface area contributed by atoms with Crippen LogP contribution < -0.4 is 0 Å². The van der Waals surface area contributed by atoms with E-state index in [1.165, 1.54) is 11.2 Å². The first-order chi connectivity index (χ1) is 14.5. The average Bonchev–Trinajstić information content (AvgIpc) is 3.50. The molecular formula is C23H22N2O4S. The van der Waals surface area contributed by atoms with Crippen molar-refractivity contribution >= 4 is 28.8 Å². The molecule has 7 heteroatoms. The lowest BCUT2D eigenvalue weighted by Gasteiger charge is -2.31. The minimum absolute atomic E-state index is 0.0461. The zero-order chi connectivity index (χ0) is 21.3. The second-order valence-electron chi connectivity index (χ2n) is 7.33. The largest absolute Gasteiger partial charge is 0.507 e. The maximum Gasteiger partial charge on any atom is 0.295 e. The van der Waals surface area contributed by atoms with Gasteiger partial charge in [0, 0.05) is 17.0 Å². The fourth-order valence-corrected chi connectivity index (χ4v) is 4.65. The van der Waals surface area contributed by atoms with E-state index in [0.29, 0.717) is 11.3 Å². The molecule has 0 aliphatic carbocycles. The Morgan fingerprint density at radius 3 is 2.50 bits per heavy atom. The molecule has 6 nitrogen and oxygen atoms in total. The van der Waals surface area contributed by atoms with Gasteiger partial charge in [-0.3, -0.25) is 9.59 Å². The lowest BCUT2D eigenvalue weighted by molar-refractivity contribution is -0.140. The van der Waals surface area contributed by atoms with Gasteiger partial charge in [-0.2, -0.15) is 0 Å². The van der Waals surface area contributed by atoms with Crippen molar-refractivity contribution in [1.82, 2.24) is 9.80 Å². The molecular weight excluding hydrogens is 400 g/mol. The molecule has 3 aromatic rings. The van der Waals surface area contributed by atoms with E-state index in [9.17, 15) is 14.7 Å². The standard InChI is InChI=1S/C23H22N2O4S/c1-24(2)16(18-11-7-13-30-18)14-25-20(17-10-6-12-29-17)19(22(27)23(25)28)21(26)15-8-4-3-5-9-15/h3-13,16,20,26H,14H2,1-2H3/b21-19+/t16-,20+/m0/s1. The highest BCUT2D eigenvalue weighted by molar-refractivity contribution is 7.10. The summed E-state index contributed by atoms with van der Waals surface area (Å²) in [5, 5.41) is 12.9. The third-order valence-corrected chi connectivity index (χ3v) is 6.24. The Morgan fingerprint density at radius 2 is 1.90 bits per heavy atom. The Morgan fingerprint density at radius 1 is 1.13 bits per heavy atom. The molecule has 30 heavy (non-hydrogen) atoms. The molecule has 0 bridgehead atoms. The Hall–Kier alpha value is -3.16. The molecule has 154 valence electrons. The smallest absolute Gasteiger partial charge is 0.295 e. The van der Waals surface area contributed by atoms with Crippen LogP contribution in [0.2, 0.25) is 0 Å². The topological polar surface area (TPSA) is 74.0 Å². The third-order valence-electron chi connectivity index (χ3n) is 5.26. The van der Waals surface area contributed by atoms with Crippen LogP contribution in [0, 0.1) is 0 Å². The molecule has 0 spiro atoms. The van der Waals surface area contributed by atoms with Gasteiger partial charge in [0.25, 0.3) is 11.7 Å². The van der Waals surface area contributed by atoms with Crippen LogP contribution in [-0.4, -0.2) is 47.2 Å². The summed E-state index contributed by atoms with van der Waals surface area (Å²) in [5.74, 6) is -1.11. The second-order valence-corrected chi connectivity index (χ2v) is 8.31. The molecule has 1 fully saturated rings. The van der Waals surface area contributed by atoms with Gasteiger partial charge in [0.1, 0.15) is 17.6 Å². The summed E-state index contributed by atoms with van der Waals surface area (Å²) < 4.78 is 5.59. The monoisotopic (exact) mass is 422 g/mol. The maximum absolute atomic E-state index is 13.1. The van der Waals surface area contributed by atoms with E-state index < -0.39 is 17.7 Å². The summed E-state index contributed by atoms with van der Waals surface area (Å²) in [6, 6.07) is 15.3. The summed E-state index contributed by atoms with van der Waals surface area (Å²) in [5.41, 5.74) is 0.527. The average molecular weight is 423 g/mol. The number of thiophene rings is 1. The molecule has 0 unspecified atom stereocenters. The number of aliphatic hydroxyl groups excluding tert-OH is 1. The number of amides is 1. The summed E-state index contributed by atoms with van der Waals surface area (Å²) in [4.78, 5) is 30.7. The Bertz CT molecular complexity index is 1060. The van der Waals surface area contributed by atoms with Gasteiger partial charge in [-0.1, -0.05) is 36.4 Å². The number of likely N-dealkylation sites (tertiary alicyclic amines) is 1. The molecule has 1 aliphatic heterocycles. The lowest BCUT2D eigenvalue weighted by Crippen LogP contribution is -2.37. The van der Waals surface area contributed by atoms with Gasteiger partial charge in [0.05, 0.1) is 17.9 Å². The molecule has 2 atom stereocenters. The molecule has 1 aliphatic rings. The zero-order valence-corrected chi connectivity index (χ0v) is 17.5. The zero-order valence-electron chi connectivity index (χ0n) is 16.7. The summed E-state index contributed by atoms with van der Waals surface area (Å²) >= 11 is 1.60. The highest BCUT2D eigenvalue weighted by Crippen LogP contribution is 2.41. The van der Waals surface area contributed by atoms with Crippen LogP contribution in [-0.2, 0) is 9.59 Å². The number of ketones is 1. The van der Waals surface area contributed by atoms with Crippen LogP contribution in [0.4, 0.5) is 0 Å². The van der Waals surface area contributed by atoms with Gasteiger partial charge in [0.2, 0.25) is 0 Å². The van der Waals surface area contributed by atoms with E-state index in [0.717, 1.165) is 4.88 Å². The van der Waals surface area contributed by atoms with Crippen LogP contribution in [0.3, 0.4) is 0 Å². The van der Waals surface area contributed by atoms with Crippen LogP contribution >= 0.6 is 11.3 Å².